The molecule has 0 aliphatic rings. The summed E-state index contributed by atoms with van der Waals surface area (Å²) >= 11 is 0. The van der Waals surface area contributed by atoms with Crippen molar-refractivity contribution in [3.8, 4) is 11.4 Å². The number of anilines is 1. The van der Waals surface area contributed by atoms with Crippen LogP contribution in [0.25, 0.3) is 5.69 Å². The van der Waals surface area contributed by atoms with Crippen LogP contribution >= 0.6 is 0 Å². The quantitative estimate of drug-likeness (QED) is 0.733. The zero-order valence-corrected chi connectivity index (χ0v) is 15.3. The van der Waals surface area contributed by atoms with Crippen molar-refractivity contribution in [2.75, 3.05) is 12.4 Å². The molecule has 26 heavy (non-hydrogen) atoms. The van der Waals surface area contributed by atoms with Crippen LogP contribution in [0.2, 0.25) is 0 Å². The first-order valence-electron chi connectivity index (χ1n) is 8.31. The maximum Gasteiger partial charge on any atom is 0.257 e. The largest absolute Gasteiger partial charge is 0.497 e. The third kappa shape index (κ3) is 3.33. The summed E-state index contributed by atoms with van der Waals surface area (Å²) in [5, 5.41) is 2.66. The molecule has 1 aromatic heterocycles. The molecule has 1 heterocycles. The third-order valence-corrected chi connectivity index (χ3v) is 4.38. The molecular weight excluding hydrogens is 331 g/mol. The van der Waals surface area contributed by atoms with Gasteiger partial charge < -0.3 is 14.6 Å². The molecule has 0 atom stereocenters. The molecule has 0 saturated heterocycles. The van der Waals surface area contributed by atoms with Crippen LogP contribution in [0.15, 0.2) is 48.5 Å². The van der Waals surface area contributed by atoms with Gasteiger partial charge in [-0.1, -0.05) is 6.07 Å². The van der Waals surface area contributed by atoms with Crippen molar-refractivity contribution in [2.24, 2.45) is 0 Å². The van der Waals surface area contributed by atoms with Gasteiger partial charge in [0.2, 0.25) is 0 Å². The van der Waals surface area contributed by atoms with Crippen molar-refractivity contribution in [1.82, 2.24) is 4.57 Å². The molecule has 1 N–H and O–H groups in total. The predicted octanol–water partition coefficient (Wildman–Crippen LogP) is 4.80. The van der Waals surface area contributed by atoms with Gasteiger partial charge in [-0.3, -0.25) is 4.79 Å². The number of aryl methyl sites for hydroxylation is 2. The molecule has 0 radical (unpaired) electrons. The molecule has 0 fully saturated rings. The smallest absolute Gasteiger partial charge is 0.257 e. The zero-order valence-electron chi connectivity index (χ0n) is 15.3. The fourth-order valence-corrected chi connectivity index (χ4v) is 3.03. The summed E-state index contributed by atoms with van der Waals surface area (Å²) < 4.78 is 21.2. The summed E-state index contributed by atoms with van der Waals surface area (Å²) in [6, 6.07) is 14.1. The second kappa shape index (κ2) is 7.04. The van der Waals surface area contributed by atoms with Crippen molar-refractivity contribution in [2.45, 2.75) is 20.8 Å². The SMILES string of the molecule is COc1ccc(-n2c(C)cc(C(=O)Nc3ccc(C)cc3F)c2C)cc1. The van der Waals surface area contributed by atoms with Gasteiger partial charge in [0.25, 0.3) is 5.91 Å². The lowest BCUT2D eigenvalue weighted by atomic mass is 10.2. The lowest BCUT2D eigenvalue weighted by Crippen LogP contribution is -2.14. The van der Waals surface area contributed by atoms with E-state index in [4.69, 9.17) is 4.74 Å². The zero-order chi connectivity index (χ0) is 18.8. The number of methoxy groups -OCH3 is 1. The minimum absolute atomic E-state index is 0.176. The van der Waals surface area contributed by atoms with Crippen molar-refractivity contribution in [3.05, 3.63) is 76.9 Å². The minimum atomic E-state index is -0.442. The molecule has 0 aliphatic heterocycles. The fourth-order valence-electron chi connectivity index (χ4n) is 3.03. The molecule has 0 saturated carbocycles. The van der Waals surface area contributed by atoms with Gasteiger partial charge in [0.05, 0.1) is 18.4 Å². The highest BCUT2D eigenvalue weighted by atomic mass is 19.1. The van der Waals surface area contributed by atoms with Gasteiger partial charge in [-0.2, -0.15) is 0 Å². The monoisotopic (exact) mass is 352 g/mol. The molecule has 3 rings (SSSR count). The number of rotatable bonds is 4. The number of amides is 1. The van der Waals surface area contributed by atoms with Gasteiger partial charge >= 0.3 is 0 Å². The summed E-state index contributed by atoms with van der Waals surface area (Å²) in [5.74, 6) is -0.00745. The van der Waals surface area contributed by atoms with E-state index in [0.29, 0.717) is 5.56 Å². The molecule has 3 aromatic rings. The summed E-state index contributed by atoms with van der Waals surface area (Å²) in [6.45, 7) is 5.61. The highest BCUT2D eigenvalue weighted by Crippen LogP contribution is 2.24. The van der Waals surface area contributed by atoms with Crippen LogP contribution in [0.4, 0.5) is 10.1 Å². The number of carbonyl (C=O) groups excluding carboxylic acids is 1. The number of aromatic nitrogens is 1. The normalized spacial score (nSPS) is 10.7. The Morgan fingerprint density at radius 3 is 2.35 bits per heavy atom. The van der Waals surface area contributed by atoms with Crippen LogP contribution in [0.1, 0.15) is 27.3 Å². The van der Waals surface area contributed by atoms with Gasteiger partial charge in [-0.05, 0) is 68.8 Å². The van der Waals surface area contributed by atoms with Crippen LogP contribution in [-0.2, 0) is 0 Å². The van der Waals surface area contributed by atoms with E-state index < -0.39 is 5.82 Å². The Morgan fingerprint density at radius 2 is 1.73 bits per heavy atom. The lowest BCUT2D eigenvalue weighted by molar-refractivity contribution is 0.102. The van der Waals surface area contributed by atoms with E-state index in [2.05, 4.69) is 5.32 Å². The topological polar surface area (TPSA) is 43.3 Å². The van der Waals surface area contributed by atoms with E-state index in [1.165, 1.54) is 6.07 Å². The van der Waals surface area contributed by atoms with E-state index in [-0.39, 0.29) is 11.6 Å². The molecule has 0 aliphatic carbocycles. The van der Waals surface area contributed by atoms with Crippen molar-refractivity contribution < 1.29 is 13.9 Å². The summed E-state index contributed by atoms with van der Waals surface area (Å²) in [6.07, 6.45) is 0. The standard InChI is InChI=1S/C21H21FN2O2/c1-13-5-10-20(19(22)11-13)23-21(25)18-12-14(2)24(15(18)3)16-6-8-17(26-4)9-7-16/h5-12H,1-4H3,(H,23,25). The number of hydrogen-bond donors (Lipinski definition) is 1. The van der Waals surface area contributed by atoms with Crippen LogP contribution < -0.4 is 10.1 Å². The average Bonchev–Trinajstić information content (AvgIpc) is 2.92. The van der Waals surface area contributed by atoms with Gasteiger partial charge in [-0.25, -0.2) is 4.39 Å². The van der Waals surface area contributed by atoms with E-state index in [0.717, 1.165) is 28.4 Å². The first-order chi connectivity index (χ1) is 12.4. The van der Waals surface area contributed by atoms with Crippen LogP contribution in [0.5, 0.6) is 5.75 Å². The third-order valence-electron chi connectivity index (χ3n) is 4.38. The minimum Gasteiger partial charge on any atom is -0.497 e. The molecule has 5 heteroatoms. The fraction of sp³-hybridized carbons (Fsp3) is 0.190. The Hall–Kier alpha value is -3.08. The van der Waals surface area contributed by atoms with Gasteiger partial charge in [0, 0.05) is 17.1 Å². The van der Waals surface area contributed by atoms with E-state index in [9.17, 15) is 9.18 Å². The molecule has 4 nitrogen and oxygen atoms in total. The maximum atomic E-state index is 14.0. The molecular formula is C21H21FN2O2. The van der Waals surface area contributed by atoms with E-state index >= 15 is 0 Å². The first kappa shape index (κ1) is 17.7. The van der Waals surface area contributed by atoms with E-state index in [1.807, 2.05) is 42.7 Å². The average molecular weight is 352 g/mol. The number of carbonyl (C=O) groups is 1. The second-order valence-corrected chi connectivity index (χ2v) is 6.26. The van der Waals surface area contributed by atoms with Gasteiger partial charge in [0.15, 0.2) is 0 Å². The number of halogens is 1. The molecule has 2 aromatic carbocycles. The highest BCUT2D eigenvalue weighted by molar-refractivity contribution is 6.05. The Kier molecular flexibility index (Phi) is 4.80. The Balaban J connectivity index is 1.92. The van der Waals surface area contributed by atoms with Gasteiger partial charge in [0.1, 0.15) is 11.6 Å². The summed E-state index contributed by atoms with van der Waals surface area (Å²) in [5.41, 5.74) is 4.13. The van der Waals surface area contributed by atoms with Crippen LogP contribution in [0, 0.1) is 26.6 Å². The van der Waals surface area contributed by atoms with Crippen molar-refractivity contribution in [3.63, 3.8) is 0 Å². The maximum absolute atomic E-state index is 14.0. The van der Waals surface area contributed by atoms with Crippen LogP contribution in [-0.4, -0.2) is 17.6 Å². The predicted molar refractivity (Wildman–Crippen MR) is 101 cm³/mol. The van der Waals surface area contributed by atoms with Crippen LogP contribution in [0.3, 0.4) is 0 Å². The number of nitrogens with zero attached hydrogens (tertiary/aromatic N) is 1. The molecule has 0 bridgehead atoms. The van der Waals surface area contributed by atoms with Crippen molar-refractivity contribution >= 4 is 11.6 Å². The molecule has 1 amide bonds. The first-order valence-corrected chi connectivity index (χ1v) is 8.31. The molecule has 0 spiro atoms. The molecule has 0 unspecified atom stereocenters. The number of nitrogens with one attached hydrogen (secondary N) is 1. The molecule has 134 valence electrons. The summed E-state index contributed by atoms with van der Waals surface area (Å²) in [4.78, 5) is 12.7. The Bertz CT molecular complexity index is 959. The van der Waals surface area contributed by atoms with Gasteiger partial charge in [-0.15, -0.1) is 0 Å². The van der Waals surface area contributed by atoms with E-state index in [1.54, 1.807) is 32.2 Å². The van der Waals surface area contributed by atoms with Crippen molar-refractivity contribution in [1.29, 1.82) is 0 Å². The number of hydrogen-bond acceptors (Lipinski definition) is 2. The number of ether oxygens (including phenoxy) is 1. The number of benzene rings is 2. The summed E-state index contributed by atoms with van der Waals surface area (Å²) in [7, 11) is 1.62. The Labute approximate surface area is 152 Å². The lowest BCUT2D eigenvalue weighted by Gasteiger charge is -2.11. The second-order valence-electron chi connectivity index (χ2n) is 6.26. The highest BCUT2D eigenvalue weighted by Gasteiger charge is 2.18. The Morgan fingerprint density at radius 1 is 1.04 bits per heavy atom.